The molecule has 1 heterocycles. The maximum Gasteiger partial charge on any atom is 0.155 e. The van der Waals surface area contributed by atoms with Gasteiger partial charge in [-0.15, -0.1) is 0 Å². The molecule has 1 aliphatic heterocycles. The molecule has 0 N–H and O–H groups in total. The van der Waals surface area contributed by atoms with Crippen molar-refractivity contribution >= 4 is 11.5 Å². The van der Waals surface area contributed by atoms with Crippen LogP contribution in [0.2, 0.25) is 0 Å². The van der Waals surface area contributed by atoms with Crippen LogP contribution in [-0.4, -0.2) is 39.2 Å². The first-order chi connectivity index (χ1) is 10.0. The second-order valence-electron chi connectivity index (χ2n) is 5.93. The molecule has 0 spiro atoms. The largest absolute Gasteiger partial charge is 0.497 e. The van der Waals surface area contributed by atoms with Crippen molar-refractivity contribution in [3.63, 3.8) is 0 Å². The molecule has 0 radical (unpaired) electrons. The van der Waals surface area contributed by atoms with E-state index in [-0.39, 0.29) is 12.4 Å². The lowest BCUT2D eigenvalue weighted by Gasteiger charge is -2.24. The van der Waals surface area contributed by atoms with Gasteiger partial charge in [0.15, 0.2) is 5.78 Å². The van der Waals surface area contributed by atoms with Crippen LogP contribution in [0.5, 0.6) is 5.75 Å². The first-order valence-electron chi connectivity index (χ1n) is 7.48. The molecule has 1 aromatic rings. The predicted octanol–water partition coefficient (Wildman–Crippen LogP) is 2.74. The van der Waals surface area contributed by atoms with Crippen LogP contribution in [0.15, 0.2) is 12.1 Å². The van der Waals surface area contributed by atoms with Crippen molar-refractivity contribution in [1.82, 2.24) is 0 Å². The number of benzene rings is 1. The summed E-state index contributed by atoms with van der Waals surface area (Å²) in [5.41, 5.74) is 3.80. The average Bonchev–Trinajstić information content (AvgIpc) is 2.86. The molecule has 0 saturated carbocycles. The van der Waals surface area contributed by atoms with Gasteiger partial charge in [-0.25, -0.2) is 0 Å². The smallest absolute Gasteiger partial charge is 0.155 e. The number of ether oxygens (including phenoxy) is 2. The van der Waals surface area contributed by atoms with Gasteiger partial charge in [-0.1, -0.05) is 0 Å². The third-order valence-electron chi connectivity index (χ3n) is 3.96. The van der Waals surface area contributed by atoms with Crippen LogP contribution in [-0.2, 0) is 9.53 Å². The van der Waals surface area contributed by atoms with Gasteiger partial charge in [0.05, 0.1) is 13.7 Å². The highest BCUT2D eigenvalue weighted by atomic mass is 16.5. The van der Waals surface area contributed by atoms with Crippen molar-refractivity contribution in [3.8, 4) is 5.75 Å². The molecule has 1 saturated heterocycles. The number of nitrogens with zero attached hydrogens (tertiary/aromatic N) is 1. The Morgan fingerprint density at radius 2 is 2.00 bits per heavy atom. The molecule has 4 heteroatoms. The van der Waals surface area contributed by atoms with Crippen LogP contribution in [0.25, 0.3) is 0 Å². The highest BCUT2D eigenvalue weighted by molar-refractivity contribution is 5.76. The lowest BCUT2D eigenvalue weighted by atomic mass is 10.1. The topological polar surface area (TPSA) is 38.8 Å². The maximum absolute atomic E-state index is 10.9. The minimum Gasteiger partial charge on any atom is -0.497 e. The number of rotatable bonds is 6. The molecule has 1 atom stereocenters. The summed E-state index contributed by atoms with van der Waals surface area (Å²) < 4.78 is 10.8. The summed E-state index contributed by atoms with van der Waals surface area (Å²) in [6, 6.07) is 4.17. The quantitative estimate of drug-likeness (QED) is 0.808. The lowest BCUT2D eigenvalue weighted by Crippen LogP contribution is -2.23. The van der Waals surface area contributed by atoms with Crippen LogP contribution in [0.1, 0.15) is 24.5 Å². The molecule has 4 nitrogen and oxygen atoms in total. The molecule has 1 fully saturated rings. The number of methoxy groups -OCH3 is 1. The molecule has 0 bridgehead atoms. The fourth-order valence-electron chi connectivity index (χ4n) is 3.07. The number of hydrogen-bond donors (Lipinski definition) is 0. The normalized spacial score (nSPS) is 18.1. The van der Waals surface area contributed by atoms with E-state index in [1.807, 2.05) is 0 Å². The number of carbonyl (C=O) groups excluding carboxylic acids is 1. The molecule has 0 aliphatic carbocycles. The van der Waals surface area contributed by atoms with Crippen molar-refractivity contribution in [3.05, 3.63) is 23.3 Å². The SMILES string of the molecule is COc1cc(C)c(N2CCC(COCC(C)=O)C2)c(C)c1. The average molecular weight is 291 g/mol. The van der Waals surface area contributed by atoms with Gasteiger partial charge >= 0.3 is 0 Å². The standard InChI is InChI=1S/C17H25NO3/c1-12-7-16(20-4)8-13(2)17(12)18-6-5-15(9-18)11-21-10-14(3)19/h7-8,15H,5-6,9-11H2,1-4H3. The summed E-state index contributed by atoms with van der Waals surface area (Å²) >= 11 is 0. The molecule has 21 heavy (non-hydrogen) atoms. The Morgan fingerprint density at radius 3 is 2.57 bits per heavy atom. The summed E-state index contributed by atoms with van der Waals surface area (Å²) in [7, 11) is 1.70. The molecule has 2 rings (SSSR count). The van der Waals surface area contributed by atoms with Crippen LogP contribution < -0.4 is 9.64 Å². The van der Waals surface area contributed by atoms with Crippen molar-refractivity contribution in [2.75, 3.05) is 38.3 Å². The van der Waals surface area contributed by atoms with Crippen molar-refractivity contribution in [1.29, 1.82) is 0 Å². The monoisotopic (exact) mass is 291 g/mol. The van der Waals surface area contributed by atoms with Crippen molar-refractivity contribution in [2.45, 2.75) is 27.2 Å². The summed E-state index contributed by atoms with van der Waals surface area (Å²) in [5.74, 6) is 1.51. The predicted molar refractivity (Wildman–Crippen MR) is 84.3 cm³/mol. The Hall–Kier alpha value is -1.55. The van der Waals surface area contributed by atoms with E-state index in [2.05, 4.69) is 30.9 Å². The molecule has 1 aromatic carbocycles. The number of Topliss-reactive ketones (excluding diaryl/α,β-unsaturated/α-hetero) is 1. The van der Waals surface area contributed by atoms with Gasteiger partial charge in [0.2, 0.25) is 0 Å². The van der Waals surface area contributed by atoms with Crippen LogP contribution in [0, 0.1) is 19.8 Å². The Balaban J connectivity index is 1.99. The minimum absolute atomic E-state index is 0.0895. The molecule has 1 unspecified atom stereocenters. The fourth-order valence-corrected chi connectivity index (χ4v) is 3.07. The fraction of sp³-hybridized carbons (Fsp3) is 0.588. The summed E-state index contributed by atoms with van der Waals surface area (Å²) in [6.45, 7) is 8.76. The second-order valence-corrected chi connectivity index (χ2v) is 5.93. The Bertz CT molecular complexity index is 490. The van der Waals surface area contributed by atoms with E-state index in [1.165, 1.54) is 16.8 Å². The van der Waals surface area contributed by atoms with Gasteiger partial charge in [0.1, 0.15) is 12.4 Å². The number of hydrogen-bond acceptors (Lipinski definition) is 4. The third kappa shape index (κ3) is 3.97. The highest BCUT2D eigenvalue weighted by Gasteiger charge is 2.25. The molecular weight excluding hydrogens is 266 g/mol. The van der Waals surface area contributed by atoms with E-state index in [0.29, 0.717) is 12.5 Å². The van der Waals surface area contributed by atoms with Crippen LogP contribution in [0.3, 0.4) is 0 Å². The van der Waals surface area contributed by atoms with E-state index in [1.54, 1.807) is 14.0 Å². The molecule has 1 aliphatic rings. The van der Waals surface area contributed by atoms with Gasteiger partial charge in [-0.3, -0.25) is 4.79 Å². The maximum atomic E-state index is 10.9. The number of carbonyl (C=O) groups is 1. The highest BCUT2D eigenvalue weighted by Crippen LogP contribution is 2.33. The summed E-state index contributed by atoms with van der Waals surface area (Å²) in [4.78, 5) is 13.3. The molecule has 0 aromatic heterocycles. The van der Waals surface area contributed by atoms with E-state index >= 15 is 0 Å². The molecule has 0 amide bonds. The zero-order valence-electron chi connectivity index (χ0n) is 13.4. The Morgan fingerprint density at radius 1 is 1.33 bits per heavy atom. The Labute approximate surface area is 127 Å². The van der Waals surface area contributed by atoms with Gasteiger partial charge in [-0.05, 0) is 50.5 Å². The van der Waals surface area contributed by atoms with Crippen molar-refractivity contribution in [2.24, 2.45) is 5.92 Å². The van der Waals surface area contributed by atoms with Gasteiger partial charge in [-0.2, -0.15) is 0 Å². The zero-order valence-corrected chi connectivity index (χ0v) is 13.4. The number of anilines is 1. The van der Waals surface area contributed by atoms with E-state index < -0.39 is 0 Å². The van der Waals surface area contributed by atoms with Gasteiger partial charge < -0.3 is 14.4 Å². The van der Waals surface area contributed by atoms with Crippen LogP contribution >= 0.6 is 0 Å². The van der Waals surface area contributed by atoms with E-state index in [4.69, 9.17) is 9.47 Å². The van der Waals surface area contributed by atoms with Crippen molar-refractivity contribution < 1.29 is 14.3 Å². The lowest BCUT2D eigenvalue weighted by molar-refractivity contribution is -0.121. The van der Waals surface area contributed by atoms with Crippen LogP contribution in [0.4, 0.5) is 5.69 Å². The second kappa shape index (κ2) is 6.94. The first kappa shape index (κ1) is 15.8. The van der Waals surface area contributed by atoms with Gasteiger partial charge in [0.25, 0.3) is 0 Å². The first-order valence-corrected chi connectivity index (χ1v) is 7.48. The van der Waals surface area contributed by atoms with Gasteiger partial charge in [0, 0.05) is 24.7 Å². The van der Waals surface area contributed by atoms with E-state index in [0.717, 1.165) is 25.3 Å². The molecular formula is C17H25NO3. The summed E-state index contributed by atoms with van der Waals surface area (Å²) in [6.07, 6.45) is 1.11. The minimum atomic E-state index is 0.0895. The number of aryl methyl sites for hydroxylation is 2. The molecule has 116 valence electrons. The summed E-state index contributed by atoms with van der Waals surface area (Å²) in [5, 5.41) is 0. The Kier molecular flexibility index (Phi) is 5.23. The number of ketones is 1. The zero-order chi connectivity index (χ0) is 15.4. The van der Waals surface area contributed by atoms with E-state index in [9.17, 15) is 4.79 Å². The third-order valence-corrected chi connectivity index (χ3v) is 3.96.